The van der Waals surface area contributed by atoms with Crippen LogP contribution in [0.15, 0.2) is 29.4 Å². The standard InChI is InChI=1S/C11H14IN3OS/c1-7(14-15-11(13)17)8(2)16-10-5-3-9(12)4-6-10/h3-6,8H,1-2H3,(H3,13,15,17)/b14-7+. The summed E-state index contributed by atoms with van der Waals surface area (Å²) in [6, 6.07) is 7.82. The first kappa shape index (κ1) is 14.2. The Labute approximate surface area is 120 Å². The molecule has 0 saturated carbocycles. The third-order valence-electron chi connectivity index (χ3n) is 2.06. The van der Waals surface area contributed by atoms with E-state index in [1.165, 1.54) is 3.57 Å². The van der Waals surface area contributed by atoms with Crippen LogP contribution in [0.25, 0.3) is 0 Å². The number of rotatable bonds is 4. The van der Waals surface area contributed by atoms with E-state index in [9.17, 15) is 0 Å². The molecule has 0 saturated heterocycles. The van der Waals surface area contributed by atoms with Gasteiger partial charge in [-0.1, -0.05) is 0 Å². The molecule has 17 heavy (non-hydrogen) atoms. The minimum Gasteiger partial charge on any atom is -0.485 e. The quantitative estimate of drug-likeness (QED) is 0.373. The molecule has 1 aromatic rings. The van der Waals surface area contributed by atoms with Crippen molar-refractivity contribution in [3.8, 4) is 5.75 Å². The number of hydrogen-bond acceptors (Lipinski definition) is 3. The number of halogens is 1. The largest absolute Gasteiger partial charge is 0.485 e. The van der Waals surface area contributed by atoms with Gasteiger partial charge in [0.05, 0.1) is 5.71 Å². The molecule has 0 aliphatic rings. The average Bonchev–Trinajstić information content (AvgIpc) is 2.28. The van der Waals surface area contributed by atoms with Crippen LogP contribution in [0, 0.1) is 3.57 Å². The lowest BCUT2D eigenvalue weighted by Gasteiger charge is -2.14. The fourth-order valence-electron chi connectivity index (χ4n) is 1.04. The van der Waals surface area contributed by atoms with Crippen LogP contribution in [0.3, 0.4) is 0 Å². The normalized spacial score (nSPS) is 13.0. The van der Waals surface area contributed by atoms with Gasteiger partial charge >= 0.3 is 0 Å². The van der Waals surface area contributed by atoms with Gasteiger partial charge in [-0.3, -0.25) is 5.43 Å². The number of nitrogens with zero attached hydrogens (tertiary/aromatic N) is 1. The minimum atomic E-state index is -0.142. The van der Waals surface area contributed by atoms with E-state index in [1.54, 1.807) is 0 Å². The molecule has 0 amide bonds. The molecule has 1 aromatic carbocycles. The lowest BCUT2D eigenvalue weighted by atomic mass is 10.2. The number of thiocarbonyl (C=S) groups is 1. The summed E-state index contributed by atoms with van der Waals surface area (Å²) in [7, 11) is 0. The second kappa shape index (κ2) is 6.75. The molecule has 0 bridgehead atoms. The Balaban J connectivity index is 2.59. The fraction of sp³-hybridized carbons (Fsp3) is 0.273. The highest BCUT2D eigenvalue weighted by Crippen LogP contribution is 2.15. The summed E-state index contributed by atoms with van der Waals surface area (Å²) >= 11 is 6.91. The molecule has 92 valence electrons. The van der Waals surface area contributed by atoms with Gasteiger partial charge in [0, 0.05) is 3.57 Å². The molecule has 0 aliphatic heterocycles. The van der Waals surface area contributed by atoms with Gasteiger partial charge in [0.25, 0.3) is 0 Å². The van der Waals surface area contributed by atoms with E-state index in [0.717, 1.165) is 11.5 Å². The number of nitrogens with two attached hydrogens (primary N) is 1. The number of hydrogen-bond donors (Lipinski definition) is 2. The SMILES string of the molecule is C/C(=N\NC(N)=S)C(C)Oc1ccc(I)cc1. The van der Waals surface area contributed by atoms with Crippen molar-refractivity contribution >= 4 is 45.6 Å². The lowest BCUT2D eigenvalue weighted by Crippen LogP contribution is -2.29. The highest BCUT2D eigenvalue weighted by atomic mass is 127. The molecule has 0 radical (unpaired) electrons. The Morgan fingerprint density at radius 1 is 1.47 bits per heavy atom. The van der Waals surface area contributed by atoms with E-state index in [4.69, 9.17) is 10.5 Å². The van der Waals surface area contributed by atoms with Crippen molar-refractivity contribution in [2.24, 2.45) is 10.8 Å². The Hall–Kier alpha value is -0.890. The number of hydrazone groups is 1. The van der Waals surface area contributed by atoms with Crippen molar-refractivity contribution in [3.63, 3.8) is 0 Å². The molecular formula is C11H14IN3OS. The van der Waals surface area contributed by atoms with Crippen LogP contribution in [0.1, 0.15) is 13.8 Å². The van der Waals surface area contributed by atoms with Crippen LogP contribution in [-0.4, -0.2) is 16.9 Å². The van der Waals surface area contributed by atoms with Gasteiger partial charge < -0.3 is 10.5 Å². The molecular weight excluding hydrogens is 349 g/mol. The summed E-state index contributed by atoms with van der Waals surface area (Å²) in [6.07, 6.45) is -0.142. The molecule has 0 heterocycles. The van der Waals surface area contributed by atoms with E-state index in [0.29, 0.717) is 0 Å². The Morgan fingerprint density at radius 2 is 2.06 bits per heavy atom. The van der Waals surface area contributed by atoms with Crippen LogP contribution in [-0.2, 0) is 0 Å². The Bertz CT molecular complexity index is 419. The molecule has 0 fully saturated rings. The van der Waals surface area contributed by atoms with E-state index >= 15 is 0 Å². The fourth-order valence-corrected chi connectivity index (χ4v) is 1.44. The van der Waals surface area contributed by atoms with Gasteiger partial charge in [-0.15, -0.1) is 0 Å². The van der Waals surface area contributed by atoms with E-state index in [1.807, 2.05) is 38.1 Å². The highest BCUT2D eigenvalue weighted by Gasteiger charge is 2.07. The second-order valence-electron chi connectivity index (χ2n) is 3.44. The van der Waals surface area contributed by atoms with Gasteiger partial charge in [-0.2, -0.15) is 5.10 Å². The first-order chi connectivity index (χ1) is 7.99. The predicted molar refractivity (Wildman–Crippen MR) is 82.3 cm³/mol. The molecule has 1 atom stereocenters. The summed E-state index contributed by atoms with van der Waals surface area (Å²) < 4.78 is 6.87. The molecule has 0 spiro atoms. The average molecular weight is 363 g/mol. The van der Waals surface area contributed by atoms with Crippen molar-refractivity contribution in [3.05, 3.63) is 27.8 Å². The number of ether oxygens (including phenoxy) is 1. The third kappa shape index (κ3) is 5.31. The van der Waals surface area contributed by atoms with Crippen molar-refractivity contribution < 1.29 is 4.74 Å². The monoisotopic (exact) mass is 363 g/mol. The van der Waals surface area contributed by atoms with Crippen molar-refractivity contribution in [2.45, 2.75) is 20.0 Å². The maximum Gasteiger partial charge on any atom is 0.184 e. The summed E-state index contributed by atoms with van der Waals surface area (Å²) in [5.74, 6) is 0.808. The van der Waals surface area contributed by atoms with E-state index in [-0.39, 0.29) is 11.2 Å². The minimum absolute atomic E-state index is 0.142. The van der Waals surface area contributed by atoms with Gasteiger partial charge in [0.15, 0.2) is 5.11 Å². The third-order valence-corrected chi connectivity index (χ3v) is 2.87. The van der Waals surface area contributed by atoms with Crippen LogP contribution >= 0.6 is 34.8 Å². The zero-order valence-electron chi connectivity index (χ0n) is 9.61. The second-order valence-corrected chi connectivity index (χ2v) is 5.13. The van der Waals surface area contributed by atoms with E-state index in [2.05, 4.69) is 45.3 Å². The maximum atomic E-state index is 5.71. The molecule has 0 aliphatic carbocycles. The summed E-state index contributed by atoms with van der Waals surface area (Å²) in [4.78, 5) is 0. The smallest absolute Gasteiger partial charge is 0.184 e. The van der Waals surface area contributed by atoms with Gasteiger partial charge in [0.2, 0.25) is 0 Å². The van der Waals surface area contributed by atoms with Gasteiger partial charge in [0.1, 0.15) is 11.9 Å². The molecule has 6 heteroatoms. The Morgan fingerprint density at radius 3 is 2.59 bits per heavy atom. The summed E-state index contributed by atoms with van der Waals surface area (Å²) in [5, 5.41) is 4.16. The van der Waals surface area contributed by atoms with Crippen molar-refractivity contribution in [1.82, 2.24) is 5.43 Å². The Kier molecular flexibility index (Phi) is 5.63. The summed E-state index contributed by atoms with van der Waals surface area (Å²) in [6.45, 7) is 3.76. The number of nitrogens with one attached hydrogen (secondary N) is 1. The molecule has 1 rings (SSSR count). The number of benzene rings is 1. The molecule has 4 nitrogen and oxygen atoms in total. The van der Waals surface area contributed by atoms with Gasteiger partial charge in [-0.25, -0.2) is 0 Å². The highest BCUT2D eigenvalue weighted by molar-refractivity contribution is 14.1. The summed E-state index contributed by atoms with van der Waals surface area (Å²) in [5.41, 5.74) is 8.59. The lowest BCUT2D eigenvalue weighted by molar-refractivity contribution is 0.285. The zero-order valence-corrected chi connectivity index (χ0v) is 12.6. The molecule has 3 N–H and O–H groups in total. The van der Waals surface area contributed by atoms with Gasteiger partial charge in [-0.05, 0) is 72.9 Å². The van der Waals surface area contributed by atoms with E-state index < -0.39 is 0 Å². The molecule has 1 unspecified atom stereocenters. The van der Waals surface area contributed by atoms with Crippen LogP contribution in [0.4, 0.5) is 0 Å². The first-order valence-electron chi connectivity index (χ1n) is 5.01. The van der Waals surface area contributed by atoms with Crippen LogP contribution in [0.2, 0.25) is 0 Å². The topological polar surface area (TPSA) is 59.6 Å². The van der Waals surface area contributed by atoms with Crippen LogP contribution < -0.4 is 15.9 Å². The maximum absolute atomic E-state index is 5.71. The van der Waals surface area contributed by atoms with Crippen molar-refractivity contribution in [2.75, 3.05) is 0 Å². The van der Waals surface area contributed by atoms with Crippen molar-refractivity contribution in [1.29, 1.82) is 0 Å². The molecule has 0 aromatic heterocycles. The first-order valence-corrected chi connectivity index (χ1v) is 6.49. The van der Waals surface area contributed by atoms with Crippen LogP contribution in [0.5, 0.6) is 5.75 Å². The predicted octanol–water partition coefficient (Wildman–Crippen LogP) is 2.27. The zero-order chi connectivity index (χ0) is 12.8.